The van der Waals surface area contributed by atoms with Crippen LogP contribution in [-0.2, 0) is 0 Å². The molecule has 0 fully saturated rings. The molecule has 2 heterocycles. The van der Waals surface area contributed by atoms with Crippen molar-refractivity contribution in [2.24, 2.45) is 0 Å². The average molecular weight is 189 g/mol. The molecule has 0 bridgehead atoms. The first-order chi connectivity index (χ1) is 6.85. The number of nitrogens with zero attached hydrogens (tertiary/aromatic N) is 2. The van der Waals surface area contributed by atoms with Crippen LogP contribution in [0.4, 0.5) is 5.82 Å². The minimum Gasteiger partial charge on any atom is -0.481 e. The van der Waals surface area contributed by atoms with Crippen molar-refractivity contribution in [2.75, 3.05) is 19.5 Å². The van der Waals surface area contributed by atoms with Crippen molar-refractivity contribution in [1.29, 1.82) is 0 Å². The fraction of sp³-hybridized carbons (Fsp3) is 0.200. The largest absolute Gasteiger partial charge is 0.481 e. The lowest BCUT2D eigenvalue weighted by atomic mass is 10.2. The number of hydrogen-bond acceptors (Lipinski definition) is 4. The highest BCUT2D eigenvalue weighted by molar-refractivity contribution is 5.88. The number of anilines is 1. The van der Waals surface area contributed by atoms with E-state index in [-0.39, 0.29) is 0 Å². The molecule has 0 aliphatic carbocycles. The molecule has 0 saturated carbocycles. The summed E-state index contributed by atoms with van der Waals surface area (Å²) in [6, 6.07) is 5.72. The van der Waals surface area contributed by atoms with Gasteiger partial charge in [-0.25, -0.2) is 9.97 Å². The molecule has 0 aromatic carbocycles. The third-order valence-corrected chi connectivity index (χ3v) is 2.03. The van der Waals surface area contributed by atoms with Gasteiger partial charge in [0.1, 0.15) is 5.52 Å². The molecule has 0 aliphatic heterocycles. The third-order valence-electron chi connectivity index (χ3n) is 2.03. The van der Waals surface area contributed by atoms with Gasteiger partial charge in [-0.2, -0.15) is 0 Å². The summed E-state index contributed by atoms with van der Waals surface area (Å²) in [5.41, 5.74) is 0.828. The van der Waals surface area contributed by atoms with Crippen molar-refractivity contribution in [3.63, 3.8) is 0 Å². The maximum atomic E-state index is 5.06. The summed E-state index contributed by atoms with van der Waals surface area (Å²) in [5, 5.41) is 4.04. The molecule has 0 atom stereocenters. The van der Waals surface area contributed by atoms with Gasteiger partial charge >= 0.3 is 0 Å². The molecule has 4 nitrogen and oxygen atoms in total. The second-order valence-corrected chi connectivity index (χ2v) is 2.83. The van der Waals surface area contributed by atoms with Gasteiger partial charge < -0.3 is 10.1 Å². The third kappa shape index (κ3) is 1.35. The Kier molecular flexibility index (Phi) is 2.18. The fourth-order valence-electron chi connectivity index (χ4n) is 1.33. The van der Waals surface area contributed by atoms with Gasteiger partial charge in [-0.1, -0.05) is 0 Å². The summed E-state index contributed by atoms with van der Waals surface area (Å²) in [6.45, 7) is 0. The minimum atomic E-state index is 0.599. The maximum Gasteiger partial charge on any atom is 0.213 e. The molecule has 4 heteroatoms. The quantitative estimate of drug-likeness (QED) is 0.780. The van der Waals surface area contributed by atoms with Crippen molar-refractivity contribution in [2.45, 2.75) is 0 Å². The minimum absolute atomic E-state index is 0.599. The SMILES string of the molecule is CNc1nccc2ccc(OC)nc12. The molecular weight excluding hydrogens is 178 g/mol. The molecule has 2 rings (SSSR count). The summed E-state index contributed by atoms with van der Waals surface area (Å²) in [6.07, 6.45) is 1.75. The van der Waals surface area contributed by atoms with Crippen molar-refractivity contribution >= 4 is 16.7 Å². The molecule has 0 spiro atoms. The van der Waals surface area contributed by atoms with Crippen LogP contribution in [0.25, 0.3) is 10.9 Å². The molecule has 0 saturated heterocycles. The van der Waals surface area contributed by atoms with Gasteiger partial charge in [0.05, 0.1) is 7.11 Å². The fourth-order valence-corrected chi connectivity index (χ4v) is 1.33. The summed E-state index contributed by atoms with van der Waals surface area (Å²) in [7, 11) is 3.42. The molecule has 2 aromatic heterocycles. The van der Waals surface area contributed by atoms with Crippen LogP contribution in [-0.4, -0.2) is 24.1 Å². The lowest BCUT2D eigenvalue weighted by molar-refractivity contribution is 0.399. The van der Waals surface area contributed by atoms with Gasteiger partial charge in [0, 0.05) is 24.7 Å². The topological polar surface area (TPSA) is 47.0 Å². The lowest BCUT2D eigenvalue weighted by Gasteiger charge is -2.05. The molecule has 0 radical (unpaired) electrons. The molecule has 72 valence electrons. The Morgan fingerprint density at radius 2 is 2.14 bits per heavy atom. The second-order valence-electron chi connectivity index (χ2n) is 2.83. The van der Waals surface area contributed by atoms with E-state index in [0.29, 0.717) is 5.88 Å². The van der Waals surface area contributed by atoms with E-state index in [1.165, 1.54) is 0 Å². The number of hydrogen-bond donors (Lipinski definition) is 1. The van der Waals surface area contributed by atoms with Crippen LogP contribution >= 0.6 is 0 Å². The number of ether oxygens (including phenoxy) is 1. The standard InChI is InChI=1S/C10H11N3O/c1-11-10-9-7(5-6-12-10)3-4-8(13-9)14-2/h3-6H,1-2H3,(H,11,12). The van der Waals surface area contributed by atoms with E-state index in [0.717, 1.165) is 16.7 Å². The zero-order valence-corrected chi connectivity index (χ0v) is 8.11. The Balaban J connectivity index is 2.70. The van der Waals surface area contributed by atoms with E-state index in [2.05, 4.69) is 15.3 Å². The number of rotatable bonds is 2. The highest BCUT2D eigenvalue weighted by Gasteiger charge is 2.03. The number of pyridine rings is 2. The van der Waals surface area contributed by atoms with Crippen LogP contribution in [0, 0.1) is 0 Å². The van der Waals surface area contributed by atoms with E-state index in [1.807, 2.05) is 25.2 Å². The maximum absolute atomic E-state index is 5.06. The first kappa shape index (κ1) is 8.74. The summed E-state index contributed by atoms with van der Waals surface area (Å²) < 4.78 is 5.06. The summed E-state index contributed by atoms with van der Waals surface area (Å²) in [5.74, 6) is 1.36. The Morgan fingerprint density at radius 3 is 2.86 bits per heavy atom. The van der Waals surface area contributed by atoms with Crippen molar-refractivity contribution in [1.82, 2.24) is 9.97 Å². The number of methoxy groups -OCH3 is 1. The lowest BCUT2D eigenvalue weighted by Crippen LogP contribution is -1.96. The summed E-state index contributed by atoms with van der Waals surface area (Å²) >= 11 is 0. The second kappa shape index (κ2) is 3.49. The number of aromatic nitrogens is 2. The van der Waals surface area contributed by atoms with E-state index >= 15 is 0 Å². The molecular formula is C10H11N3O. The zero-order chi connectivity index (χ0) is 9.97. The Bertz CT molecular complexity index is 456. The molecule has 1 N–H and O–H groups in total. The van der Waals surface area contributed by atoms with Crippen LogP contribution < -0.4 is 10.1 Å². The molecule has 0 aliphatic rings. The first-order valence-electron chi connectivity index (χ1n) is 4.32. The monoisotopic (exact) mass is 189 g/mol. The number of fused-ring (bicyclic) bond motifs is 1. The van der Waals surface area contributed by atoms with E-state index < -0.39 is 0 Å². The smallest absolute Gasteiger partial charge is 0.213 e. The predicted octanol–water partition coefficient (Wildman–Crippen LogP) is 1.68. The molecule has 0 amide bonds. The van der Waals surface area contributed by atoms with Crippen LogP contribution in [0.3, 0.4) is 0 Å². The highest BCUT2D eigenvalue weighted by Crippen LogP contribution is 2.21. The van der Waals surface area contributed by atoms with E-state index in [4.69, 9.17) is 4.74 Å². The molecule has 2 aromatic rings. The van der Waals surface area contributed by atoms with Gasteiger partial charge in [-0.05, 0) is 12.1 Å². The van der Waals surface area contributed by atoms with Gasteiger partial charge in [-0.3, -0.25) is 0 Å². The van der Waals surface area contributed by atoms with Crippen LogP contribution in [0.1, 0.15) is 0 Å². The van der Waals surface area contributed by atoms with Crippen LogP contribution in [0.5, 0.6) is 5.88 Å². The normalized spacial score (nSPS) is 10.1. The van der Waals surface area contributed by atoms with Crippen LogP contribution in [0.2, 0.25) is 0 Å². The van der Waals surface area contributed by atoms with E-state index in [1.54, 1.807) is 13.3 Å². The Hall–Kier alpha value is -1.84. The number of nitrogens with one attached hydrogen (secondary N) is 1. The predicted molar refractivity (Wildman–Crippen MR) is 55.6 cm³/mol. The molecule has 14 heavy (non-hydrogen) atoms. The first-order valence-corrected chi connectivity index (χ1v) is 4.32. The van der Waals surface area contributed by atoms with Crippen molar-refractivity contribution in [3.05, 3.63) is 24.4 Å². The van der Waals surface area contributed by atoms with Gasteiger partial charge in [0.2, 0.25) is 5.88 Å². The van der Waals surface area contributed by atoms with Gasteiger partial charge in [-0.15, -0.1) is 0 Å². The Morgan fingerprint density at radius 1 is 1.29 bits per heavy atom. The van der Waals surface area contributed by atoms with Crippen molar-refractivity contribution < 1.29 is 4.74 Å². The van der Waals surface area contributed by atoms with Crippen molar-refractivity contribution in [3.8, 4) is 5.88 Å². The van der Waals surface area contributed by atoms with E-state index in [9.17, 15) is 0 Å². The average Bonchev–Trinajstić information content (AvgIpc) is 2.27. The molecule has 0 unspecified atom stereocenters. The van der Waals surface area contributed by atoms with Gasteiger partial charge in [0.15, 0.2) is 5.82 Å². The highest BCUT2D eigenvalue weighted by atomic mass is 16.5. The van der Waals surface area contributed by atoms with Crippen LogP contribution in [0.15, 0.2) is 24.4 Å². The zero-order valence-electron chi connectivity index (χ0n) is 8.11. The summed E-state index contributed by atoms with van der Waals surface area (Å²) in [4.78, 5) is 8.49. The Labute approximate surface area is 81.9 Å². The van der Waals surface area contributed by atoms with Gasteiger partial charge in [0.25, 0.3) is 0 Å².